The minimum atomic E-state index is -3.82. The number of aromatic amines is 1. The molecule has 0 atom stereocenters. The van der Waals surface area contributed by atoms with E-state index in [-0.39, 0.29) is 0 Å². The molecule has 5 heteroatoms. The number of fused-ring (bicyclic) bond motifs is 7. The van der Waals surface area contributed by atoms with Crippen molar-refractivity contribution in [3.8, 4) is 0 Å². The summed E-state index contributed by atoms with van der Waals surface area (Å²) >= 11 is 0. The first kappa shape index (κ1) is 18.2. The van der Waals surface area contributed by atoms with Crippen LogP contribution in [0.25, 0.3) is 43.6 Å². The Balaban J connectivity index is 1.86. The molecule has 4 aromatic carbocycles. The number of aryl methyl sites for hydroxylation is 1. The number of hydrogen-bond donors (Lipinski definition) is 1. The Kier molecular flexibility index (Phi) is 3.80. The topological polar surface area (TPSA) is 54.9 Å². The van der Waals surface area contributed by atoms with E-state index in [1.807, 2.05) is 67.6 Å². The van der Waals surface area contributed by atoms with Crippen molar-refractivity contribution >= 4 is 53.6 Å². The second kappa shape index (κ2) is 6.46. The van der Waals surface area contributed by atoms with Crippen LogP contribution in [-0.2, 0) is 16.4 Å². The van der Waals surface area contributed by atoms with Crippen LogP contribution in [0.1, 0.15) is 12.5 Å². The van der Waals surface area contributed by atoms with Crippen LogP contribution in [0.15, 0.2) is 89.8 Å². The van der Waals surface area contributed by atoms with E-state index in [0.717, 1.165) is 38.1 Å². The summed E-state index contributed by atoms with van der Waals surface area (Å²) in [7, 11) is -3.82. The molecule has 0 amide bonds. The maximum absolute atomic E-state index is 14.1. The molecule has 0 saturated heterocycles. The van der Waals surface area contributed by atoms with Gasteiger partial charge in [0.25, 0.3) is 10.0 Å². The molecule has 0 spiro atoms. The van der Waals surface area contributed by atoms with Crippen molar-refractivity contribution in [2.75, 3.05) is 0 Å². The van der Waals surface area contributed by atoms with E-state index >= 15 is 0 Å². The third-order valence-electron chi connectivity index (χ3n) is 6.14. The number of hydrogen-bond acceptors (Lipinski definition) is 2. The molecule has 6 aromatic rings. The molecular formula is C26H20N2O2S. The van der Waals surface area contributed by atoms with Crippen molar-refractivity contribution in [1.82, 2.24) is 8.96 Å². The summed E-state index contributed by atoms with van der Waals surface area (Å²) < 4.78 is 29.8. The highest BCUT2D eigenvalue weighted by Gasteiger charge is 2.26. The monoisotopic (exact) mass is 424 g/mol. The second-order valence-corrected chi connectivity index (χ2v) is 9.56. The molecule has 31 heavy (non-hydrogen) atoms. The number of nitrogens with one attached hydrogen (secondary N) is 1. The van der Waals surface area contributed by atoms with E-state index in [1.165, 1.54) is 3.97 Å². The van der Waals surface area contributed by atoms with Gasteiger partial charge in [-0.2, -0.15) is 0 Å². The van der Waals surface area contributed by atoms with Gasteiger partial charge in [-0.1, -0.05) is 73.7 Å². The van der Waals surface area contributed by atoms with Crippen molar-refractivity contribution in [1.29, 1.82) is 0 Å². The number of benzene rings is 4. The van der Waals surface area contributed by atoms with Gasteiger partial charge in [0.15, 0.2) is 0 Å². The zero-order chi connectivity index (χ0) is 21.2. The first-order valence-electron chi connectivity index (χ1n) is 10.4. The molecule has 0 aliphatic carbocycles. The molecule has 6 rings (SSSR count). The molecule has 4 nitrogen and oxygen atoms in total. The van der Waals surface area contributed by atoms with E-state index in [1.54, 1.807) is 12.1 Å². The summed E-state index contributed by atoms with van der Waals surface area (Å²) in [5.41, 5.74) is 4.04. The maximum atomic E-state index is 14.1. The lowest BCUT2D eigenvalue weighted by Gasteiger charge is -2.13. The predicted molar refractivity (Wildman–Crippen MR) is 127 cm³/mol. The van der Waals surface area contributed by atoms with Gasteiger partial charge in [0, 0.05) is 27.1 Å². The Labute approximate surface area is 179 Å². The van der Waals surface area contributed by atoms with Gasteiger partial charge < -0.3 is 4.98 Å². The summed E-state index contributed by atoms with van der Waals surface area (Å²) in [5.74, 6) is 0. The molecule has 0 aliphatic rings. The molecule has 2 heterocycles. The molecule has 152 valence electrons. The van der Waals surface area contributed by atoms with Gasteiger partial charge in [0.2, 0.25) is 0 Å². The van der Waals surface area contributed by atoms with Crippen LogP contribution in [0.4, 0.5) is 0 Å². The molecule has 0 saturated carbocycles. The van der Waals surface area contributed by atoms with Gasteiger partial charge >= 0.3 is 0 Å². The summed E-state index contributed by atoms with van der Waals surface area (Å²) in [5, 5.41) is 3.96. The Morgan fingerprint density at radius 3 is 2.26 bits per heavy atom. The summed E-state index contributed by atoms with van der Waals surface area (Å²) in [6.07, 6.45) is 0.647. The average Bonchev–Trinajstić information content (AvgIpc) is 3.35. The quantitative estimate of drug-likeness (QED) is 0.366. The normalized spacial score (nSPS) is 12.4. The molecule has 0 fully saturated rings. The third kappa shape index (κ3) is 2.44. The Morgan fingerprint density at radius 1 is 0.742 bits per heavy atom. The molecule has 0 aliphatic heterocycles. The van der Waals surface area contributed by atoms with Crippen LogP contribution in [0.5, 0.6) is 0 Å². The highest BCUT2D eigenvalue weighted by molar-refractivity contribution is 7.90. The van der Waals surface area contributed by atoms with Crippen molar-refractivity contribution in [2.45, 2.75) is 18.2 Å². The second-order valence-electron chi connectivity index (χ2n) is 7.80. The lowest BCUT2D eigenvalue weighted by Crippen LogP contribution is -2.14. The van der Waals surface area contributed by atoms with E-state index in [9.17, 15) is 8.42 Å². The Hall–Kier alpha value is -3.57. The number of H-pyrrole nitrogens is 1. The highest BCUT2D eigenvalue weighted by atomic mass is 32.2. The van der Waals surface area contributed by atoms with Crippen molar-refractivity contribution in [3.63, 3.8) is 0 Å². The minimum Gasteiger partial charge on any atom is -0.353 e. The zero-order valence-electron chi connectivity index (χ0n) is 17.0. The summed E-state index contributed by atoms with van der Waals surface area (Å²) in [6.45, 7) is 1.98. The fourth-order valence-corrected chi connectivity index (χ4v) is 6.57. The fourth-order valence-electron chi connectivity index (χ4n) is 4.73. The van der Waals surface area contributed by atoms with Crippen LogP contribution in [0.3, 0.4) is 0 Å². The molecule has 0 radical (unpaired) electrons. The van der Waals surface area contributed by atoms with Crippen molar-refractivity contribution < 1.29 is 8.42 Å². The highest BCUT2D eigenvalue weighted by Crippen LogP contribution is 2.39. The van der Waals surface area contributed by atoms with Crippen LogP contribution in [0.2, 0.25) is 0 Å². The molecular weight excluding hydrogens is 404 g/mol. The van der Waals surface area contributed by atoms with E-state index in [0.29, 0.717) is 22.3 Å². The standard InChI is InChI=1S/C26H20N2O2S/c1-2-17-9-3-8-14-24(17)31(29,30)28-23-13-7-5-11-19(23)21-16-15-20-18-10-4-6-12-22(18)27-25(20)26(21)28/h3-16,27H,2H2,1H3. The number of para-hydroxylation sites is 2. The SMILES string of the molecule is CCc1ccccc1S(=O)(=O)n1c2ccccc2c2ccc3c4ccccc4[nH]c3c21. The van der Waals surface area contributed by atoms with Gasteiger partial charge in [0.1, 0.15) is 0 Å². The smallest absolute Gasteiger partial charge is 0.269 e. The average molecular weight is 425 g/mol. The van der Waals surface area contributed by atoms with Crippen LogP contribution in [-0.4, -0.2) is 17.4 Å². The van der Waals surface area contributed by atoms with Crippen molar-refractivity contribution in [2.24, 2.45) is 0 Å². The fraction of sp³-hybridized carbons (Fsp3) is 0.0769. The van der Waals surface area contributed by atoms with E-state index in [2.05, 4.69) is 17.1 Å². The lowest BCUT2D eigenvalue weighted by atomic mass is 10.1. The number of rotatable bonds is 3. The Bertz CT molecular complexity index is 1740. The van der Waals surface area contributed by atoms with E-state index < -0.39 is 10.0 Å². The van der Waals surface area contributed by atoms with Gasteiger partial charge in [-0.15, -0.1) is 0 Å². The van der Waals surface area contributed by atoms with E-state index in [4.69, 9.17) is 0 Å². The summed E-state index contributed by atoms with van der Waals surface area (Å²) in [6, 6.07) is 27.2. The van der Waals surface area contributed by atoms with Crippen LogP contribution >= 0.6 is 0 Å². The van der Waals surface area contributed by atoms with Gasteiger partial charge in [-0.25, -0.2) is 12.4 Å². The first-order valence-corrected chi connectivity index (χ1v) is 11.8. The third-order valence-corrected chi connectivity index (χ3v) is 7.96. The molecule has 1 N–H and O–H groups in total. The van der Waals surface area contributed by atoms with Crippen LogP contribution in [0, 0.1) is 0 Å². The Morgan fingerprint density at radius 2 is 1.42 bits per heavy atom. The zero-order valence-corrected chi connectivity index (χ0v) is 17.8. The molecule has 0 bridgehead atoms. The van der Waals surface area contributed by atoms with Crippen LogP contribution < -0.4 is 0 Å². The van der Waals surface area contributed by atoms with Gasteiger partial charge in [-0.3, -0.25) is 0 Å². The largest absolute Gasteiger partial charge is 0.353 e. The number of nitrogens with zero attached hydrogens (tertiary/aromatic N) is 1. The predicted octanol–water partition coefficient (Wildman–Crippen LogP) is 6.23. The lowest BCUT2D eigenvalue weighted by molar-refractivity contribution is 0.589. The molecule has 2 aromatic heterocycles. The maximum Gasteiger partial charge on any atom is 0.269 e. The minimum absolute atomic E-state index is 0.355. The molecule has 0 unspecified atom stereocenters. The summed E-state index contributed by atoms with van der Waals surface area (Å²) in [4.78, 5) is 3.84. The number of aromatic nitrogens is 2. The van der Waals surface area contributed by atoms with Crippen molar-refractivity contribution in [3.05, 3.63) is 90.5 Å². The van der Waals surface area contributed by atoms with Gasteiger partial charge in [0.05, 0.1) is 21.4 Å². The first-order chi connectivity index (χ1) is 15.1. The van der Waals surface area contributed by atoms with Gasteiger partial charge in [-0.05, 0) is 30.2 Å².